The number of rotatable bonds is 8. The van der Waals surface area contributed by atoms with Crippen molar-refractivity contribution in [2.75, 3.05) is 6.61 Å². The quantitative estimate of drug-likeness (QED) is 0.549. The molecule has 146 valence electrons. The summed E-state index contributed by atoms with van der Waals surface area (Å²) in [5.41, 5.74) is 2.10. The molecular formula is C22H27Cl2NO2. The molecule has 3 nitrogen and oxygen atoms in total. The molecule has 0 atom stereocenters. The zero-order valence-electron chi connectivity index (χ0n) is 15.8. The standard InChI is InChI=1S/C22H27Cl2NO2/c1-2-26-21-13-17(14-25-19-9-4-3-5-10-19)12-20(24)22(21)27-15-16-7-6-8-18(23)11-16/h6-8,11-13,19,25H,2-5,9-10,14-15H2,1H3. The smallest absolute Gasteiger partial charge is 0.180 e. The first-order valence-electron chi connectivity index (χ1n) is 9.71. The van der Waals surface area contributed by atoms with Gasteiger partial charge in [0.1, 0.15) is 6.61 Å². The molecule has 0 spiro atoms. The summed E-state index contributed by atoms with van der Waals surface area (Å²) < 4.78 is 11.8. The summed E-state index contributed by atoms with van der Waals surface area (Å²) in [4.78, 5) is 0. The maximum Gasteiger partial charge on any atom is 0.180 e. The summed E-state index contributed by atoms with van der Waals surface area (Å²) in [5, 5.41) is 4.91. The normalized spacial score (nSPS) is 14.9. The van der Waals surface area contributed by atoms with E-state index in [9.17, 15) is 0 Å². The van der Waals surface area contributed by atoms with Crippen LogP contribution in [0.5, 0.6) is 11.5 Å². The average Bonchev–Trinajstić information content (AvgIpc) is 2.67. The van der Waals surface area contributed by atoms with Gasteiger partial charge in [0.05, 0.1) is 11.6 Å². The third kappa shape index (κ3) is 6.03. The zero-order chi connectivity index (χ0) is 19.1. The van der Waals surface area contributed by atoms with Crippen LogP contribution < -0.4 is 14.8 Å². The molecular weight excluding hydrogens is 381 g/mol. The lowest BCUT2D eigenvalue weighted by molar-refractivity contribution is 0.269. The molecule has 1 fully saturated rings. The highest BCUT2D eigenvalue weighted by Crippen LogP contribution is 2.37. The van der Waals surface area contributed by atoms with Gasteiger partial charge in [-0.2, -0.15) is 0 Å². The highest BCUT2D eigenvalue weighted by atomic mass is 35.5. The van der Waals surface area contributed by atoms with Crippen molar-refractivity contribution in [3.05, 3.63) is 57.6 Å². The minimum absolute atomic E-state index is 0.389. The first-order chi connectivity index (χ1) is 13.2. The molecule has 2 aromatic carbocycles. The third-order valence-electron chi connectivity index (χ3n) is 4.84. The first kappa shape index (κ1) is 20.3. The van der Waals surface area contributed by atoms with Gasteiger partial charge in [0.15, 0.2) is 11.5 Å². The van der Waals surface area contributed by atoms with Crippen molar-refractivity contribution < 1.29 is 9.47 Å². The van der Waals surface area contributed by atoms with E-state index in [4.69, 9.17) is 32.7 Å². The molecule has 0 bridgehead atoms. The molecule has 0 saturated heterocycles. The monoisotopic (exact) mass is 407 g/mol. The predicted molar refractivity (Wildman–Crippen MR) is 112 cm³/mol. The van der Waals surface area contributed by atoms with Crippen LogP contribution in [-0.4, -0.2) is 12.6 Å². The Morgan fingerprint density at radius 3 is 2.56 bits per heavy atom. The van der Waals surface area contributed by atoms with Crippen LogP contribution in [0.4, 0.5) is 0 Å². The SMILES string of the molecule is CCOc1cc(CNC2CCCCC2)cc(Cl)c1OCc1cccc(Cl)c1. The fraction of sp³-hybridized carbons (Fsp3) is 0.455. The maximum absolute atomic E-state index is 6.53. The molecule has 1 saturated carbocycles. The molecule has 27 heavy (non-hydrogen) atoms. The molecule has 0 heterocycles. The number of nitrogens with one attached hydrogen (secondary N) is 1. The molecule has 3 rings (SSSR count). The van der Waals surface area contributed by atoms with Crippen LogP contribution in [0, 0.1) is 0 Å². The number of benzene rings is 2. The Bertz CT molecular complexity index is 745. The Morgan fingerprint density at radius 1 is 1.00 bits per heavy atom. The third-order valence-corrected chi connectivity index (χ3v) is 5.36. The van der Waals surface area contributed by atoms with Crippen molar-refractivity contribution >= 4 is 23.2 Å². The highest BCUT2D eigenvalue weighted by molar-refractivity contribution is 6.32. The lowest BCUT2D eigenvalue weighted by Gasteiger charge is -2.23. The number of ether oxygens (including phenoxy) is 2. The Hall–Kier alpha value is -1.42. The van der Waals surface area contributed by atoms with Gasteiger partial charge in [-0.05, 0) is 55.2 Å². The van der Waals surface area contributed by atoms with E-state index in [1.165, 1.54) is 32.1 Å². The molecule has 1 N–H and O–H groups in total. The van der Waals surface area contributed by atoms with E-state index in [2.05, 4.69) is 5.32 Å². The fourth-order valence-electron chi connectivity index (χ4n) is 3.48. The zero-order valence-corrected chi connectivity index (χ0v) is 17.3. The fourth-order valence-corrected chi connectivity index (χ4v) is 3.98. The summed E-state index contributed by atoms with van der Waals surface area (Å²) in [6, 6.07) is 12.2. The van der Waals surface area contributed by atoms with E-state index in [1.54, 1.807) is 0 Å². The van der Waals surface area contributed by atoms with E-state index < -0.39 is 0 Å². The van der Waals surface area contributed by atoms with Crippen LogP contribution in [-0.2, 0) is 13.2 Å². The van der Waals surface area contributed by atoms with Crippen LogP contribution in [0.3, 0.4) is 0 Å². The van der Waals surface area contributed by atoms with Gasteiger partial charge in [-0.3, -0.25) is 0 Å². The van der Waals surface area contributed by atoms with Crippen LogP contribution >= 0.6 is 23.2 Å². The molecule has 1 aliphatic rings. The van der Waals surface area contributed by atoms with E-state index in [-0.39, 0.29) is 0 Å². The second-order valence-electron chi connectivity index (χ2n) is 6.97. The van der Waals surface area contributed by atoms with Gasteiger partial charge in [-0.15, -0.1) is 0 Å². The lowest BCUT2D eigenvalue weighted by Crippen LogP contribution is -2.30. The predicted octanol–water partition coefficient (Wildman–Crippen LogP) is 6.39. The van der Waals surface area contributed by atoms with E-state index in [0.717, 1.165) is 17.7 Å². The van der Waals surface area contributed by atoms with Gasteiger partial charge < -0.3 is 14.8 Å². The van der Waals surface area contributed by atoms with E-state index in [0.29, 0.717) is 40.8 Å². The topological polar surface area (TPSA) is 30.5 Å². The Morgan fingerprint density at radius 2 is 1.81 bits per heavy atom. The van der Waals surface area contributed by atoms with Crippen molar-refractivity contribution in [3.8, 4) is 11.5 Å². The molecule has 0 amide bonds. The van der Waals surface area contributed by atoms with Crippen molar-refractivity contribution in [1.82, 2.24) is 5.32 Å². The van der Waals surface area contributed by atoms with Crippen LogP contribution in [0.15, 0.2) is 36.4 Å². The number of halogens is 2. The minimum Gasteiger partial charge on any atom is -0.490 e. The molecule has 0 aromatic heterocycles. The van der Waals surface area contributed by atoms with Gasteiger partial charge >= 0.3 is 0 Å². The minimum atomic E-state index is 0.389. The van der Waals surface area contributed by atoms with Crippen molar-refractivity contribution in [2.45, 2.75) is 58.2 Å². The molecule has 0 unspecified atom stereocenters. The lowest BCUT2D eigenvalue weighted by atomic mass is 9.95. The second kappa shape index (κ2) is 10.2. The average molecular weight is 408 g/mol. The van der Waals surface area contributed by atoms with Gasteiger partial charge in [0.2, 0.25) is 0 Å². The summed E-state index contributed by atoms with van der Waals surface area (Å²) >= 11 is 12.6. The first-order valence-corrected chi connectivity index (χ1v) is 10.5. The van der Waals surface area contributed by atoms with E-state index in [1.807, 2.05) is 43.3 Å². The number of hydrogen-bond acceptors (Lipinski definition) is 3. The highest BCUT2D eigenvalue weighted by Gasteiger charge is 2.16. The second-order valence-corrected chi connectivity index (χ2v) is 7.82. The summed E-state index contributed by atoms with van der Waals surface area (Å²) in [7, 11) is 0. The molecule has 5 heteroatoms. The molecule has 2 aromatic rings. The summed E-state index contributed by atoms with van der Waals surface area (Å²) in [5.74, 6) is 1.27. The molecule has 0 radical (unpaired) electrons. The summed E-state index contributed by atoms with van der Waals surface area (Å²) in [6.07, 6.45) is 6.51. The maximum atomic E-state index is 6.53. The Balaban J connectivity index is 1.69. The van der Waals surface area contributed by atoms with Gasteiger partial charge in [-0.1, -0.05) is 54.6 Å². The van der Waals surface area contributed by atoms with Gasteiger partial charge in [-0.25, -0.2) is 0 Å². The van der Waals surface area contributed by atoms with Crippen LogP contribution in [0.2, 0.25) is 10.0 Å². The molecule has 0 aliphatic heterocycles. The summed E-state index contributed by atoms with van der Waals surface area (Å²) in [6.45, 7) is 3.70. The van der Waals surface area contributed by atoms with Crippen LogP contribution in [0.1, 0.15) is 50.2 Å². The van der Waals surface area contributed by atoms with Crippen molar-refractivity contribution in [3.63, 3.8) is 0 Å². The molecule has 1 aliphatic carbocycles. The Kier molecular flexibility index (Phi) is 7.69. The largest absolute Gasteiger partial charge is 0.490 e. The Labute approximate surface area is 172 Å². The number of hydrogen-bond donors (Lipinski definition) is 1. The van der Waals surface area contributed by atoms with E-state index >= 15 is 0 Å². The van der Waals surface area contributed by atoms with Crippen LogP contribution in [0.25, 0.3) is 0 Å². The van der Waals surface area contributed by atoms with Crippen molar-refractivity contribution in [1.29, 1.82) is 0 Å². The van der Waals surface area contributed by atoms with Gasteiger partial charge in [0, 0.05) is 17.6 Å². The van der Waals surface area contributed by atoms with Gasteiger partial charge in [0.25, 0.3) is 0 Å². The van der Waals surface area contributed by atoms with Crippen molar-refractivity contribution in [2.24, 2.45) is 0 Å².